The van der Waals surface area contributed by atoms with Crippen LogP contribution < -0.4 is 0 Å². The molecule has 0 aromatic carbocycles. The van der Waals surface area contributed by atoms with E-state index in [9.17, 15) is 4.79 Å². The van der Waals surface area contributed by atoms with Crippen LogP contribution in [0, 0.1) is 5.41 Å². The molecule has 0 aromatic rings. The standard InChI is InChI=1S/C14H27NO/c1-6-9-11-14(10-7-2)13(4,8-3)12(16)15(14)5/h6-11H2,1-5H3. The van der Waals surface area contributed by atoms with Crippen LogP contribution in [0.1, 0.15) is 66.2 Å². The SMILES string of the molecule is CCCCC1(CCC)N(C)C(=O)C1(C)CC. The molecule has 1 heterocycles. The smallest absolute Gasteiger partial charge is 0.231 e. The molecule has 0 saturated carbocycles. The molecule has 94 valence electrons. The molecule has 1 fully saturated rings. The van der Waals surface area contributed by atoms with Crippen LogP contribution in [0.5, 0.6) is 0 Å². The van der Waals surface area contributed by atoms with E-state index in [2.05, 4.69) is 27.7 Å². The quantitative estimate of drug-likeness (QED) is 0.632. The highest BCUT2D eigenvalue weighted by Gasteiger charge is 2.64. The van der Waals surface area contributed by atoms with Crippen LogP contribution >= 0.6 is 0 Å². The molecule has 0 aliphatic carbocycles. The molecule has 2 atom stereocenters. The van der Waals surface area contributed by atoms with Crippen LogP contribution in [-0.4, -0.2) is 23.4 Å². The fraction of sp³-hybridized carbons (Fsp3) is 0.929. The zero-order chi connectivity index (χ0) is 12.4. The van der Waals surface area contributed by atoms with Gasteiger partial charge in [-0.25, -0.2) is 0 Å². The van der Waals surface area contributed by atoms with Gasteiger partial charge in [0.1, 0.15) is 0 Å². The van der Waals surface area contributed by atoms with Crippen LogP contribution in [0.2, 0.25) is 0 Å². The first kappa shape index (κ1) is 13.5. The summed E-state index contributed by atoms with van der Waals surface area (Å²) in [6, 6.07) is 0. The van der Waals surface area contributed by atoms with E-state index in [0.717, 1.165) is 19.3 Å². The summed E-state index contributed by atoms with van der Waals surface area (Å²) in [5.74, 6) is 0.347. The van der Waals surface area contributed by atoms with Gasteiger partial charge in [0.05, 0.1) is 11.0 Å². The lowest BCUT2D eigenvalue weighted by Gasteiger charge is -2.63. The minimum absolute atomic E-state index is 0.104. The van der Waals surface area contributed by atoms with Crippen LogP contribution in [0.15, 0.2) is 0 Å². The number of β-lactam (4-membered cyclic amide) rings is 1. The zero-order valence-corrected chi connectivity index (χ0v) is 11.6. The third kappa shape index (κ3) is 1.57. The van der Waals surface area contributed by atoms with Gasteiger partial charge in [-0.2, -0.15) is 0 Å². The van der Waals surface area contributed by atoms with Crippen molar-refractivity contribution in [2.45, 2.75) is 71.8 Å². The molecule has 2 heteroatoms. The third-order valence-corrected chi connectivity index (χ3v) is 4.76. The van der Waals surface area contributed by atoms with Gasteiger partial charge >= 0.3 is 0 Å². The van der Waals surface area contributed by atoms with Gasteiger partial charge in [0.25, 0.3) is 0 Å². The van der Waals surface area contributed by atoms with E-state index in [1.807, 2.05) is 11.9 Å². The number of hydrogen-bond donors (Lipinski definition) is 0. The van der Waals surface area contributed by atoms with E-state index in [1.54, 1.807) is 0 Å². The number of carbonyl (C=O) groups excluding carboxylic acids is 1. The third-order valence-electron chi connectivity index (χ3n) is 4.76. The molecule has 1 aliphatic rings. The first-order chi connectivity index (χ1) is 7.50. The van der Waals surface area contributed by atoms with Crippen molar-refractivity contribution in [3.63, 3.8) is 0 Å². The van der Waals surface area contributed by atoms with Crippen molar-refractivity contribution >= 4 is 5.91 Å². The molecule has 0 spiro atoms. The molecular formula is C14H27NO. The maximum absolute atomic E-state index is 12.1. The van der Waals surface area contributed by atoms with Crippen molar-refractivity contribution in [1.82, 2.24) is 4.90 Å². The van der Waals surface area contributed by atoms with Gasteiger partial charge in [0, 0.05) is 7.05 Å². The van der Waals surface area contributed by atoms with E-state index in [1.165, 1.54) is 19.3 Å². The monoisotopic (exact) mass is 225 g/mol. The Hall–Kier alpha value is -0.530. The molecule has 0 aromatic heterocycles. The first-order valence-corrected chi connectivity index (χ1v) is 6.78. The van der Waals surface area contributed by atoms with Gasteiger partial charge in [-0.1, -0.05) is 40.0 Å². The summed E-state index contributed by atoms with van der Waals surface area (Å²) >= 11 is 0. The number of hydrogen-bond acceptors (Lipinski definition) is 1. The second-order valence-corrected chi connectivity index (χ2v) is 5.43. The summed E-state index contributed by atoms with van der Waals surface area (Å²) in [6.07, 6.45) is 6.90. The van der Waals surface area contributed by atoms with E-state index < -0.39 is 0 Å². The Balaban J connectivity index is 2.94. The number of amides is 1. The Morgan fingerprint density at radius 1 is 1.12 bits per heavy atom. The fourth-order valence-electron chi connectivity index (χ4n) is 3.46. The fourth-order valence-corrected chi connectivity index (χ4v) is 3.46. The highest BCUT2D eigenvalue weighted by Crippen LogP contribution is 2.54. The lowest BCUT2D eigenvalue weighted by molar-refractivity contribution is -0.191. The molecule has 0 N–H and O–H groups in total. The van der Waals surface area contributed by atoms with Gasteiger partial charge in [0.2, 0.25) is 5.91 Å². The first-order valence-electron chi connectivity index (χ1n) is 6.78. The highest BCUT2D eigenvalue weighted by molar-refractivity contribution is 5.91. The summed E-state index contributed by atoms with van der Waals surface area (Å²) in [7, 11) is 1.99. The lowest BCUT2D eigenvalue weighted by atomic mass is 9.56. The normalized spacial score (nSPS) is 34.1. The molecule has 1 amide bonds. The van der Waals surface area contributed by atoms with Crippen LogP contribution in [0.25, 0.3) is 0 Å². The van der Waals surface area contributed by atoms with Gasteiger partial charge in [-0.3, -0.25) is 4.79 Å². The summed E-state index contributed by atoms with van der Waals surface area (Å²) in [5, 5.41) is 0. The predicted octanol–water partition coefficient (Wildman–Crippen LogP) is 3.60. The maximum Gasteiger partial charge on any atom is 0.231 e. The van der Waals surface area contributed by atoms with Gasteiger partial charge in [-0.15, -0.1) is 0 Å². The van der Waals surface area contributed by atoms with Crippen molar-refractivity contribution in [2.75, 3.05) is 7.05 Å². The Morgan fingerprint density at radius 2 is 1.75 bits per heavy atom. The lowest BCUT2D eigenvalue weighted by Crippen LogP contribution is -2.75. The Morgan fingerprint density at radius 3 is 2.19 bits per heavy atom. The van der Waals surface area contributed by atoms with Crippen molar-refractivity contribution in [3.8, 4) is 0 Å². The minimum Gasteiger partial charge on any atom is -0.338 e. The second-order valence-electron chi connectivity index (χ2n) is 5.43. The zero-order valence-electron chi connectivity index (χ0n) is 11.6. The van der Waals surface area contributed by atoms with Gasteiger partial charge in [-0.05, 0) is 26.2 Å². The molecule has 1 aliphatic heterocycles. The predicted molar refractivity (Wildman–Crippen MR) is 68.3 cm³/mol. The van der Waals surface area contributed by atoms with Crippen LogP contribution in [0.3, 0.4) is 0 Å². The number of rotatable bonds is 6. The molecular weight excluding hydrogens is 198 g/mol. The van der Waals surface area contributed by atoms with E-state index in [-0.39, 0.29) is 11.0 Å². The van der Waals surface area contributed by atoms with Crippen molar-refractivity contribution in [3.05, 3.63) is 0 Å². The van der Waals surface area contributed by atoms with Crippen LogP contribution in [-0.2, 0) is 4.79 Å². The molecule has 0 bridgehead atoms. The van der Waals surface area contributed by atoms with Crippen molar-refractivity contribution in [1.29, 1.82) is 0 Å². The Bertz CT molecular complexity index is 263. The van der Waals surface area contributed by atoms with E-state index >= 15 is 0 Å². The highest BCUT2D eigenvalue weighted by atomic mass is 16.2. The summed E-state index contributed by atoms with van der Waals surface area (Å²) in [6.45, 7) is 8.77. The Labute approximate surface area is 100 Å². The molecule has 16 heavy (non-hydrogen) atoms. The number of nitrogens with zero attached hydrogens (tertiary/aromatic N) is 1. The van der Waals surface area contributed by atoms with Gasteiger partial charge < -0.3 is 4.90 Å². The molecule has 1 rings (SSSR count). The van der Waals surface area contributed by atoms with Gasteiger partial charge in [0.15, 0.2) is 0 Å². The summed E-state index contributed by atoms with van der Waals surface area (Å²) in [4.78, 5) is 14.1. The van der Waals surface area contributed by atoms with E-state index in [0.29, 0.717) is 5.91 Å². The topological polar surface area (TPSA) is 20.3 Å². The molecule has 0 radical (unpaired) electrons. The average molecular weight is 225 g/mol. The second kappa shape index (κ2) is 4.77. The van der Waals surface area contributed by atoms with Crippen molar-refractivity contribution < 1.29 is 4.79 Å². The van der Waals surface area contributed by atoms with E-state index in [4.69, 9.17) is 0 Å². The summed E-state index contributed by atoms with van der Waals surface area (Å²) in [5.41, 5.74) is 0.0382. The molecule has 2 unspecified atom stereocenters. The summed E-state index contributed by atoms with van der Waals surface area (Å²) < 4.78 is 0. The van der Waals surface area contributed by atoms with Crippen molar-refractivity contribution in [2.24, 2.45) is 5.41 Å². The molecule has 2 nitrogen and oxygen atoms in total. The number of likely N-dealkylation sites (tertiary alicyclic amines) is 1. The average Bonchev–Trinajstić information content (AvgIpc) is 2.31. The minimum atomic E-state index is -0.104. The number of unbranched alkanes of at least 4 members (excludes halogenated alkanes) is 1. The largest absolute Gasteiger partial charge is 0.338 e. The Kier molecular flexibility index (Phi) is 4.03. The molecule has 1 saturated heterocycles. The maximum atomic E-state index is 12.1. The van der Waals surface area contributed by atoms with Crippen LogP contribution in [0.4, 0.5) is 0 Å². The number of carbonyl (C=O) groups is 1.